The zero-order valence-electron chi connectivity index (χ0n) is 20.3. The largest absolute Gasteiger partial charge is 0.296 e. The van der Waals surface area contributed by atoms with E-state index in [1.807, 2.05) is 49.4 Å². The SMILES string of the molecule is Cc1ccc(S(=O)(=O)N2OC[C@H](c3ccccc3)[C@H]2CON2C(C)(C)CCCC2(C)C)cc1. The highest BCUT2D eigenvalue weighted by molar-refractivity contribution is 7.89. The van der Waals surface area contributed by atoms with Crippen molar-refractivity contribution in [3.63, 3.8) is 0 Å². The molecule has 0 aromatic heterocycles. The molecule has 2 aliphatic rings. The fourth-order valence-corrected chi connectivity index (χ4v) is 6.69. The van der Waals surface area contributed by atoms with Crippen LogP contribution < -0.4 is 0 Å². The minimum atomic E-state index is -3.84. The van der Waals surface area contributed by atoms with Gasteiger partial charge in [0.2, 0.25) is 0 Å². The van der Waals surface area contributed by atoms with Crippen LogP contribution >= 0.6 is 0 Å². The van der Waals surface area contributed by atoms with Crippen molar-refractivity contribution in [1.82, 2.24) is 9.53 Å². The lowest BCUT2D eigenvalue weighted by molar-refractivity contribution is -0.287. The minimum absolute atomic E-state index is 0.123. The van der Waals surface area contributed by atoms with E-state index < -0.39 is 16.1 Å². The second-order valence-corrected chi connectivity index (χ2v) is 12.3. The molecule has 2 aromatic carbocycles. The second kappa shape index (κ2) is 9.12. The van der Waals surface area contributed by atoms with Gasteiger partial charge >= 0.3 is 0 Å². The third-order valence-corrected chi connectivity index (χ3v) is 8.67. The molecule has 0 saturated carbocycles. The Labute approximate surface area is 198 Å². The molecule has 2 aliphatic heterocycles. The van der Waals surface area contributed by atoms with Crippen molar-refractivity contribution in [2.24, 2.45) is 0 Å². The molecule has 0 radical (unpaired) electrons. The first-order valence-corrected chi connectivity index (χ1v) is 13.2. The standard InChI is InChI=1S/C26H36N2O4S/c1-20-12-14-22(15-13-20)33(29,30)27-24(23(18-31-27)21-10-7-6-8-11-21)19-32-28-25(2,3)16-9-17-26(28,4)5/h6-8,10-15,23-24H,9,16-19H2,1-5H3/t23-,24-/m1/s1. The van der Waals surface area contributed by atoms with Crippen LogP contribution in [0.3, 0.4) is 0 Å². The summed E-state index contributed by atoms with van der Waals surface area (Å²) in [6.07, 6.45) is 3.21. The van der Waals surface area contributed by atoms with Gasteiger partial charge in [-0.25, -0.2) is 8.42 Å². The van der Waals surface area contributed by atoms with E-state index in [0.29, 0.717) is 0 Å². The summed E-state index contributed by atoms with van der Waals surface area (Å²) in [7, 11) is -3.84. The summed E-state index contributed by atoms with van der Waals surface area (Å²) in [5, 5.41) is 2.08. The number of rotatable bonds is 6. The molecule has 0 N–H and O–H groups in total. The highest BCUT2D eigenvalue weighted by Gasteiger charge is 2.47. The molecule has 2 atom stereocenters. The predicted octanol–water partition coefficient (Wildman–Crippen LogP) is 5.06. The summed E-state index contributed by atoms with van der Waals surface area (Å²) in [6.45, 7) is 11.2. The van der Waals surface area contributed by atoms with E-state index in [1.165, 1.54) is 4.47 Å². The summed E-state index contributed by atoms with van der Waals surface area (Å²) < 4.78 is 28.3. The van der Waals surface area contributed by atoms with Crippen molar-refractivity contribution in [3.8, 4) is 0 Å². The monoisotopic (exact) mass is 472 g/mol. The van der Waals surface area contributed by atoms with Crippen LogP contribution in [0.2, 0.25) is 0 Å². The molecular weight excluding hydrogens is 436 g/mol. The topological polar surface area (TPSA) is 59.1 Å². The van der Waals surface area contributed by atoms with E-state index in [-0.39, 0.29) is 35.1 Å². The Hall–Kier alpha value is -1.77. The molecule has 6 nitrogen and oxygen atoms in total. The van der Waals surface area contributed by atoms with Crippen molar-refractivity contribution in [3.05, 3.63) is 65.7 Å². The first-order valence-electron chi connectivity index (χ1n) is 11.7. The highest BCUT2D eigenvalue weighted by atomic mass is 32.2. The Morgan fingerprint density at radius 3 is 2.18 bits per heavy atom. The molecule has 2 saturated heterocycles. The number of hydrogen-bond acceptors (Lipinski definition) is 5. The van der Waals surface area contributed by atoms with Crippen LogP contribution in [0, 0.1) is 6.92 Å². The van der Waals surface area contributed by atoms with Crippen molar-refractivity contribution in [2.45, 2.75) is 81.8 Å². The van der Waals surface area contributed by atoms with E-state index >= 15 is 0 Å². The molecule has 4 rings (SSSR count). The molecule has 0 aliphatic carbocycles. The highest BCUT2D eigenvalue weighted by Crippen LogP contribution is 2.40. The van der Waals surface area contributed by atoms with Gasteiger partial charge in [-0.3, -0.25) is 9.68 Å². The number of benzene rings is 2. The fourth-order valence-electron chi connectivity index (χ4n) is 5.24. The average molecular weight is 473 g/mol. The number of aryl methyl sites for hydroxylation is 1. The van der Waals surface area contributed by atoms with Gasteiger partial charge in [-0.15, -0.1) is 0 Å². The maximum Gasteiger partial charge on any atom is 0.265 e. The van der Waals surface area contributed by atoms with Gasteiger partial charge in [0.05, 0.1) is 24.2 Å². The zero-order valence-corrected chi connectivity index (χ0v) is 21.1. The molecule has 0 spiro atoms. The average Bonchev–Trinajstić information content (AvgIpc) is 3.18. The van der Waals surface area contributed by atoms with E-state index in [4.69, 9.17) is 9.68 Å². The van der Waals surface area contributed by atoms with Crippen molar-refractivity contribution in [1.29, 1.82) is 0 Å². The lowest BCUT2D eigenvalue weighted by atomic mass is 9.82. The molecule has 0 unspecified atom stereocenters. The minimum Gasteiger partial charge on any atom is -0.296 e. The summed E-state index contributed by atoms with van der Waals surface area (Å²) in [5.41, 5.74) is 1.78. The third-order valence-electron chi connectivity index (χ3n) is 6.95. The predicted molar refractivity (Wildman–Crippen MR) is 129 cm³/mol. The maximum absolute atomic E-state index is 13.6. The first kappa shape index (κ1) is 24.4. The van der Waals surface area contributed by atoms with E-state index in [1.54, 1.807) is 12.1 Å². The lowest BCUT2D eigenvalue weighted by Crippen LogP contribution is -2.59. The van der Waals surface area contributed by atoms with Crippen LogP contribution in [0.15, 0.2) is 59.5 Å². The third kappa shape index (κ3) is 4.88. The molecule has 7 heteroatoms. The maximum atomic E-state index is 13.6. The van der Waals surface area contributed by atoms with Crippen LogP contribution in [-0.4, -0.2) is 48.3 Å². The van der Waals surface area contributed by atoms with Gasteiger partial charge in [0.1, 0.15) is 0 Å². The molecule has 0 amide bonds. The van der Waals surface area contributed by atoms with Crippen LogP contribution in [0.1, 0.15) is 64.0 Å². The van der Waals surface area contributed by atoms with E-state index in [2.05, 4.69) is 32.8 Å². The van der Waals surface area contributed by atoms with Crippen molar-refractivity contribution in [2.75, 3.05) is 13.2 Å². The Balaban J connectivity index is 1.65. The zero-order chi connectivity index (χ0) is 23.9. The van der Waals surface area contributed by atoms with Gasteiger partial charge in [0.25, 0.3) is 10.0 Å². The summed E-state index contributed by atoms with van der Waals surface area (Å²) in [5.74, 6) is -0.123. The second-order valence-electron chi connectivity index (χ2n) is 10.5. The number of hydrogen-bond donors (Lipinski definition) is 0. The van der Waals surface area contributed by atoms with Gasteiger partial charge in [0.15, 0.2) is 0 Å². The van der Waals surface area contributed by atoms with Crippen LogP contribution in [0.4, 0.5) is 0 Å². The fraction of sp³-hybridized carbons (Fsp3) is 0.538. The number of nitrogens with zero attached hydrogens (tertiary/aromatic N) is 2. The quantitative estimate of drug-likeness (QED) is 0.588. The molecule has 180 valence electrons. The van der Waals surface area contributed by atoms with Gasteiger partial charge in [-0.2, -0.15) is 5.06 Å². The summed E-state index contributed by atoms with van der Waals surface area (Å²) in [4.78, 5) is 12.6. The lowest BCUT2D eigenvalue weighted by Gasteiger charge is -2.51. The van der Waals surface area contributed by atoms with E-state index in [9.17, 15) is 8.42 Å². The van der Waals surface area contributed by atoms with Gasteiger partial charge < -0.3 is 0 Å². The van der Waals surface area contributed by atoms with Crippen LogP contribution in [0.5, 0.6) is 0 Å². The normalized spacial score (nSPS) is 25.8. The van der Waals surface area contributed by atoms with Gasteiger partial charge in [-0.05, 0) is 71.6 Å². The van der Waals surface area contributed by atoms with Crippen molar-refractivity contribution >= 4 is 10.0 Å². The molecule has 33 heavy (non-hydrogen) atoms. The Morgan fingerprint density at radius 2 is 1.58 bits per heavy atom. The summed E-state index contributed by atoms with van der Waals surface area (Å²) in [6, 6.07) is 16.4. The molecule has 2 aromatic rings. The Morgan fingerprint density at radius 1 is 0.970 bits per heavy atom. The molecule has 2 heterocycles. The Bertz CT molecular complexity index is 1040. The first-order chi connectivity index (χ1) is 15.5. The molecule has 0 bridgehead atoms. The van der Waals surface area contributed by atoms with Gasteiger partial charge in [0, 0.05) is 17.0 Å². The van der Waals surface area contributed by atoms with Gasteiger partial charge in [-0.1, -0.05) is 52.5 Å². The van der Waals surface area contributed by atoms with Crippen LogP contribution in [0.25, 0.3) is 0 Å². The summed E-state index contributed by atoms with van der Waals surface area (Å²) >= 11 is 0. The smallest absolute Gasteiger partial charge is 0.265 e. The van der Waals surface area contributed by atoms with Crippen LogP contribution in [-0.2, 0) is 19.7 Å². The van der Waals surface area contributed by atoms with Crippen molar-refractivity contribution < 1.29 is 18.1 Å². The van der Waals surface area contributed by atoms with E-state index in [0.717, 1.165) is 30.4 Å². The Kier molecular flexibility index (Phi) is 6.73. The molecular formula is C26H36N2O4S. The number of sulfonamides is 1. The molecule has 2 fully saturated rings. The number of piperidine rings is 1. The number of hydroxylamine groups is 3.